The van der Waals surface area contributed by atoms with Gasteiger partial charge in [-0.25, -0.2) is 0 Å². The molecule has 0 aromatic carbocycles. The first-order valence-corrected chi connectivity index (χ1v) is 37.4. The largest absolute Gasteiger partial charge is 0.466 e. The minimum atomic E-state index is -0.854. The van der Waals surface area contributed by atoms with Crippen LogP contribution in [0.2, 0.25) is 0 Å². The van der Waals surface area contributed by atoms with E-state index in [4.69, 9.17) is 4.74 Å². The molecule has 0 bridgehead atoms. The molecule has 0 saturated heterocycles. The molecule has 0 aromatic rings. The Morgan fingerprint density at radius 1 is 0.337 bits per heavy atom. The molecule has 6 heteroatoms. The summed E-state index contributed by atoms with van der Waals surface area (Å²) in [6.07, 6.45) is 94.8. The molecule has 6 nitrogen and oxygen atoms in total. The summed E-state index contributed by atoms with van der Waals surface area (Å²) >= 11 is 0. The third-order valence-corrected chi connectivity index (χ3v) is 17.3. The third-order valence-electron chi connectivity index (χ3n) is 17.3. The molecule has 3 N–H and O–H groups in total. The molecule has 2 unspecified atom stereocenters. The fourth-order valence-electron chi connectivity index (χ4n) is 11.6. The van der Waals surface area contributed by atoms with Gasteiger partial charge in [0.25, 0.3) is 0 Å². The summed E-state index contributed by atoms with van der Waals surface area (Å²) in [5, 5.41) is 23.3. The van der Waals surface area contributed by atoms with Gasteiger partial charge in [0.2, 0.25) is 5.91 Å². The molecule has 0 spiro atoms. The summed E-state index contributed by atoms with van der Waals surface area (Å²) in [5.74, 6) is -0.0681. The number of aliphatic hydroxyl groups is 2. The summed E-state index contributed by atoms with van der Waals surface area (Å²) in [7, 11) is 0. The van der Waals surface area contributed by atoms with E-state index in [-0.39, 0.29) is 18.5 Å². The maximum absolute atomic E-state index is 12.5. The Balaban J connectivity index is 3.46. The van der Waals surface area contributed by atoms with E-state index in [1.807, 2.05) is 6.08 Å². The topological polar surface area (TPSA) is 95.9 Å². The van der Waals surface area contributed by atoms with Crippen LogP contribution in [0.25, 0.3) is 0 Å². The molecule has 0 rings (SSSR count). The molecular weight excluding hydrogens is 1020 g/mol. The first-order chi connectivity index (χ1) is 41.0. The van der Waals surface area contributed by atoms with Gasteiger partial charge in [0, 0.05) is 12.8 Å². The maximum atomic E-state index is 12.5. The number of nitrogens with one attached hydrogen (secondary N) is 1. The number of allylic oxidation sites excluding steroid dienone is 7. The lowest BCUT2D eigenvalue weighted by atomic mass is 10.0. The molecule has 1 amide bonds. The van der Waals surface area contributed by atoms with Gasteiger partial charge in [-0.2, -0.15) is 0 Å². The van der Waals surface area contributed by atoms with Crippen LogP contribution in [0, 0.1) is 0 Å². The van der Waals surface area contributed by atoms with Gasteiger partial charge in [0.15, 0.2) is 0 Å². The molecule has 83 heavy (non-hydrogen) atoms. The van der Waals surface area contributed by atoms with Crippen molar-refractivity contribution in [1.29, 1.82) is 0 Å². The zero-order valence-electron chi connectivity index (χ0n) is 55.9. The quantitative estimate of drug-likeness (QED) is 0.0320. The van der Waals surface area contributed by atoms with E-state index in [2.05, 4.69) is 55.6 Å². The van der Waals surface area contributed by atoms with Crippen molar-refractivity contribution < 1.29 is 24.5 Å². The molecular formula is C77H145NO5. The number of aliphatic hydroxyl groups excluding tert-OH is 2. The lowest BCUT2D eigenvalue weighted by Crippen LogP contribution is -2.45. The monoisotopic (exact) mass is 1160 g/mol. The Morgan fingerprint density at radius 3 is 0.928 bits per heavy atom. The van der Waals surface area contributed by atoms with Gasteiger partial charge in [0.1, 0.15) is 0 Å². The van der Waals surface area contributed by atoms with Crippen molar-refractivity contribution in [2.75, 3.05) is 13.2 Å². The van der Waals surface area contributed by atoms with E-state index in [1.165, 1.54) is 315 Å². The first-order valence-electron chi connectivity index (χ1n) is 37.4. The minimum absolute atomic E-state index is 0.00664. The van der Waals surface area contributed by atoms with Crippen LogP contribution in [0.4, 0.5) is 0 Å². The second kappa shape index (κ2) is 72.3. The van der Waals surface area contributed by atoms with Crippen molar-refractivity contribution in [3.63, 3.8) is 0 Å². The van der Waals surface area contributed by atoms with Gasteiger partial charge >= 0.3 is 5.97 Å². The van der Waals surface area contributed by atoms with Crippen molar-refractivity contribution in [2.24, 2.45) is 0 Å². The normalized spacial score (nSPS) is 12.8. The molecule has 0 heterocycles. The minimum Gasteiger partial charge on any atom is -0.466 e. The average molecular weight is 1170 g/mol. The SMILES string of the molecule is CCCCCCCC/C=C\CCCCCCCCCCCC(=O)OCCCCCCCCCCC/C=C\C/C=C\CCCCCCCCCC(=O)NC(CO)C(O)/C=C/CCCCCCCCCCCCCCCCCCCCCCCC. The van der Waals surface area contributed by atoms with E-state index >= 15 is 0 Å². The second-order valence-corrected chi connectivity index (χ2v) is 25.6. The Bertz CT molecular complexity index is 1390. The van der Waals surface area contributed by atoms with Crippen molar-refractivity contribution in [3.8, 4) is 0 Å². The Kier molecular flexibility index (Phi) is 70.4. The summed E-state index contributed by atoms with van der Waals surface area (Å²) in [4.78, 5) is 24.7. The standard InChI is InChI=1S/C77H145NO5/c1-3-5-7-9-11-13-15-17-19-21-23-24-25-27-30-34-37-41-45-49-53-57-61-65-69-75(80)74(73-79)78-76(81)70-66-62-58-54-50-46-42-38-35-31-28-26-29-32-36-40-44-48-52-56-60-64-68-72-83-77(82)71-67-63-59-55-51-47-43-39-33-22-20-18-16-14-12-10-8-6-4-2/h18,20,26,29,31,35,65,69,74-75,79-80H,3-17,19,21-25,27-28,30,32-34,36-64,66-68,70-73H2,1-2H3,(H,78,81)/b20-18-,29-26-,35-31-,69-65+. The highest BCUT2D eigenvalue weighted by Gasteiger charge is 2.18. The van der Waals surface area contributed by atoms with Crippen LogP contribution in [-0.4, -0.2) is 47.4 Å². The Labute approximate surface area is 518 Å². The van der Waals surface area contributed by atoms with E-state index in [0.717, 1.165) is 64.2 Å². The van der Waals surface area contributed by atoms with Crippen LogP contribution in [-0.2, 0) is 14.3 Å². The predicted octanol–water partition coefficient (Wildman–Crippen LogP) is 24.4. The third kappa shape index (κ3) is 68.8. The van der Waals surface area contributed by atoms with Crippen molar-refractivity contribution in [1.82, 2.24) is 5.32 Å². The van der Waals surface area contributed by atoms with Gasteiger partial charge in [-0.05, 0) is 89.9 Å². The van der Waals surface area contributed by atoms with Crippen LogP contribution in [0.5, 0.6) is 0 Å². The summed E-state index contributed by atoms with van der Waals surface area (Å²) < 4.78 is 5.50. The number of rotatable bonds is 70. The highest BCUT2D eigenvalue weighted by Crippen LogP contribution is 2.18. The first kappa shape index (κ1) is 80.8. The molecule has 0 aromatic heterocycles. The number of ether oxygens (including phenoxy) is 1. The Hall–Kier alpha value is -2.18. The molecule has 488 valence electrons. The van der Waals surface area contributed by atoms with E-state index in [1.54, 1.807) is 6.08 Å². The lowest BCUT2D eigenvalue weighted by Gasteiger charge is -2.20. The van der Waals surface area contributed by atoms with Crippen LogP contribution >= 0.6 is 0 Å². The molecule has 0 fully saturated rings. The molecule has 2 atom stereocenters. The van der Waals surface area contributed by atoms with Gasteiger partial charge in [-0.15, -0.1) is 0 Å². The van der Waals surface area contributed by atoms with Gasteiger partial charge in [0.05, 0.1) is 25.4 Å². The number of hydrogen-bond acceptors (Lipinski definition) is 5. The van der Waals surface area contributed by atoms with Gasteiger partial charge in [-0.1, -0.05) is 351 Å². The molecule has 0 radical (unpaired) electrons. The van der Waals surface area contributed by atoms with Gasteiger partial charge in [-0.3, -0.25) is 9.59 Å². The molecule has 0 saturated carbocycles. The number of hydrogen-bond donors (Lipinski definition) is 3. The lowest BCUT2D eigenvalue weighted by molar-refractivity contribution is -0.143. The number of carbonyl (C=O) groups is 2. The van der Waals surface area contributed by atoms with Crippen molar-refractivity contribution in [3.05, 3.63) is 48.6 Å². The van der Waals surface area contributed by atoms with Crippen LogP contribution in [0.1, 0.15) is 406 Å². The van der Waals surface area contributed by atoms with Crippen molar-refractivity contribution in [2.45, 2.75) is 418 Å². The average Bonchev–Trinajstić information content (AvgIpc) is 3.49. The number of unbranched alkanes of at least 4 members (excludes halogenated alkanes) is 53. The molecule has 0 aliphatic heterocycles. The Morgan fingerprint density at radius 2 is 0.602 bits per heavy atom. The van der Waals surface area contributed by atoms with Gasteiger partial charge < -0.3 is 20.3 Å². The zero-order valence-corrected chi connectivity index (χ0v) is 55.9. The summed E-state index contributed by atoms with van der Waals surface area (Å²) in [5.41, 5.74) is 0. The summed E-state index contributed by atoms with van der Waals surface area (Å²) in [6.45, 7) is 4.93. The van der Waals surface area contributed by atoms with E-state index in [9.17, 15) is 19.8 Å². The van der Waals surface area contributed by atoms with Crippen molar-refractivity contribution >= 4 is 11.9 Å². The number of carbonyl (C=O) groups excluding carboxylic acids is 2. The fraction of sp³-hybridized carbons (Fsp3) is 0.870. The highest BCUT2D eigenvalue weighted by atomic mass is 16.5. The number of esters is 1. The fourth-order valence-corrected chi connectivity index (χ4v) is 11.6. The van der Waals surface area contributed by atoms with E-state index < -0.39 is 12.1 Å². The van der Waals surface area contributed by atoms with Crippen LogP contribution < -0.4 is 5.32 Å². The maximum Gasteiger partial charge on any atom is 0.305 e. The summed E-state index contributed by atoms with van der Waals surface area (Å²) in [6, 6.07) is -0.638. The number of amides is 1. The predicted molar refractivity (Wildman–Crippen MR) is 366 cm³/mol. The highest BCUT2D eigenvalue weighted by molar-refractivity contribution is 5.76. The second-order valence-electron chi connectivity index (χ2n) is 25.6. The van der Waals surface area contributed by atoms with Crippen LogP contribution in [0.3, 0.4) is 0 Å². The smallest absolute Gasteiger partial charge is 0.305 e. The molecule has 0 aliphatic carbocycles. The van der Waals surface area contributed by atoms with E-state index in [0.29, 0.717) is 19.4 Å². The van der Waals surface area contributed by atoms with Crippen LogP contribution in [0.15, 0.2) is 48.6 Å². The zero-order chi connectivity index (χ0) is 59.9. The molecule has 0 aliphatic rings.